The lowest BCUT2D eigenvalue weighted by Crippen LogP contribution is -2.23. The highest BCUT2D eigenvalue weighted by molar-refractivity contribution is 9.10. The van der Waals surface area contributed by atoms with E-state index in [1.807, 2.05) is 20.8 Å². The van der Waals surface area contributed by atoms with Gasteiger partial charge >= 0.3 is 0 Å². The van der Waals surface area contributed by atoms with Gasteiger partial charge in [-0.1, -0.05) is 32.4 Å². The number of Topliss-reactive ketones (excluding diaryl/α,β-unsaturated/α-hetero) is 1. The zero-order valence-electron chi connectivity index (χ0n) is 10.8. The highest BCUT2D eigenvalue weighted by atomic mass is 79.9. The molecule has 0 aromatic carbocycles. The Hall–Kier alpha value is -1.20. The van der Waals surface area contributed by atoms with Crippen molar-refractivity contribution in [3.8, 4) is 5.82 Å². The minimum absolute atomic E-state index is 0.0209. The molecular weight excluding hydrogens is 330 g/mol. The van der Waals surface area contributed by atoms with Gasteiger partial charge in [-0.2, -0.15) is 5.10 Å². The first-order valence-corrected chi connectivity index (χ1v) is 6.89. The Labute approximate surface area is 124 Å². The number of carbonyl (C=O) groups excluding carboxylic acids is 1. The number of carbonyl (C=O) groups is 1. The Morgan fingerprint density at radius 3 is 2.68 bits per heavy atom. The lowest BCUT2D eigenvalue weighted by molar-refractivity contribution is 0.0849. The van der Waals surface area contributed by atoms with E-state index in [9.17, 15) is 4.79 Å². The van der Waals surface area contributed by atoms with Gasteiger partial charge in [0.15, 0.2) is 11.6 Å². The molecule has 0 unspecified atom stereocenters. The molecule has 4 nitrogen and oxygen atoms in total. The van der Waals surface area contributed by atoms with Crippen molar-refractivity contribution in [2.24, 2.45) is 5.41 Å². The van der Waals surface area contributed by atoms with Gasteiger partial charge in [-0.15, -0.1) is 0 Å². The number of hydrogen-bond acceptors (Lipinski definition) is 3. The molecule has 2 aromatic rings. The summed E-state index contributed by atoms with van der Waals surface area (Å²) in [5.74, 6) is 0.426. The van der Waals surface area contributed by atoms with E-state index < -0.39 is 5.41 Å². The molecule has 0 aliphatic heterocycles. The number of rotatable bonds is 2. The van der Waals surface area contributed by atoms with Crippen molar-refractivity contribution in [2.45, 2.75) is 20.8 Å². The molecule has 0 spiro atoms. The van der Waals surface area contributed by atoms with E-state index in [-0.39, 0.29) is 5.78 Å². The third kappa shape index (κ3) is 2.87. The van der Waals surface area contributed by atoms with Crippen LogP contribution in [-0.2, 0) is 0 Å². The Morgan fingerprint density at radius 1 is 1.42 bits per heavy atom. The van der Waals surface area contributed by atoms with Crippen molar-refractivity contribution in [3.63, 3.8) is 0 Å². The van der Waals surface area contributed by atoms with E-state index in [2.05, 4.69) is 26.0 Å². The number of ketones is 1. The van der Waals surface area contributed by atoms with E-state index in [4.69, 9.17) is 11.6 Å². The van der Waals surface area contributed by atoms with E-state index in [0.29, 0.717) is 21.1 Å². The van der Waals surface area contributed by atoms with Crippen LogP contribution in [0, 0.1) is 5.41 Å². The van der Waals surface area contributed by atoms with Crippen LogP contribution >= 0.6 is 27.5 Å². The molecule has 0 bridgehead atoms. The summed E-state index contributed by atoms with van der Waals surface area (Å²) in [5.41, 5.74) is -0.0432. The minimum atomic E-state index is -0.502. The van der Waals surface area contributed by atoms with Crippen LogP contribution in [-0.4, -0.2) is 20.5 Å². The quantitative estimate of drug-likeness (QED) is 0.777. The Kier molecular flexibility index (Phi) is 3.78. The predicted molar refractivity (Wildman–Crippen MR) is 77.9 cm³/mol. The number of nitrogens with zero attached hydrogens (tertiary/aromatic N) is 3. The summed E-state index contributed by atoms with van der Waals surface area (Å²) in [4.78, 5) is 16.6. The molecule has 0 atom stereocenters. The van der Waals surface area contributed by atoms with Gasteiger partial charge in [0.2, 0.25) is 0 Å². The van der Waals surface area contributed by atoms with Crippen molar-refractivity contribution in [1.82, 2.24) is 14.8 Å². The molecular formula is C13H13BrClN3O. The third-order valence-electron chi connectivity index (χ3n) is 2.53. The predicted octanol–water partition coefficient (Wildman–Crippen LogP) is 3.91. The third-order valence-corrected chi connectivity index (χ3v) is 3.22. The number of aromatic nitrogens is 3. The standard InChI is InChI=1S/C13H13BrClN3O/c1-13(2,3)11(19)9-7-10(14)17-18(9)12-8(15)5-4-6-16-12/h4-7H,1-3H3. The first-order valence-electron chi connectivity index (χ1n) is 5.72. The molecule has 0 aliphatic carbocycles. The van der Waals surface area contributed by atoms with Gasteiger partial charge in [0.05, 0.1) is 5.02 Å². The van der Waals surface area contributed by atoms with Gasteiger partial charge in [-0.25, -0.2) is 9.67 Å². The van der Waals surface area contributed by atoms with E-state index in [0.717, 1.165) is 0 Å². The largest absolute Gasteiger partial charge is 0.292 e. The molecule has 19 heavy (non-hydrogen) atoms. The van der Waals surface area contributed by atoms with E-state index in [1.165, 1.54) is 4.68 Å². The molecule has 0 amide bonds. The molecule has 0 N–H and O–H groups in total. The lowest BCUT2D eigenvalue weighted by atomic mass is 9.89. The number of pyridine rings is 1. The molecule has 0 radical (unpaired) electrons. The molecule has 0 saturated heterocycles. The fraction of sp³-hybridized carbons (Fsp3) is 0.308. The van der Waals surface area contributed by atoms with Crippen molar-refractivity contribution in [1.29, 1.82) is 0 Å². The second kappa shape index (κ2) is 5.06. The zero-order chi connectivity index (χ0) is 14.2. The Bertz CT molecular complexity index is 631. The van der Waals surface area contributed by atoms with Crippen LogP contribution in [0.1, 0.15) is 31.3 Å². The second-order valence-corrected chi connectivity index (χ2v) is 6.37. The summed E-state index contributed by atoms with van der Waals surface area (Å²) in [5, 5.41) is 4.69. The zero-order valence-corrected chi connectivity index (χ0v) is 13.2. The van der Waals surface area contributed by atoms with Crippen molar-refractivity contribution in [3.05, 3.63) is 39.7 Å². The van der Waals surface area contributed by atoms with Crippen molar-refractivity contribution < 1.29 is 4.79 Å². The summed E-state index contributed by atoms with van der Waals surface area (Å²) < 4.78 is 2.04. The molecule has 2 aromatic heterocycles. The summed E-state index contributed by atoms with van der Waals surface area (Å²) in [6.07, 6.45) is 1.61. The van der Waals surface area contributed by atoms with E-state index >= 15 is 0 Å². The van der Waals surface area contributed by atoms with Crippen LogP contribution in [0.5, 0.6) is 0 Å². The number of halogens is 2. The fourth-order valence-corrected chi connectivity index (χ4v) is 2.17. The molecule has 2 heterocycles. The Balaban J connectivity index is 2.61. The first kappa shape index (κ1) is 14.2. The maximum absolute atomic E-state index is 12.4. The van der Waals surface area contributed by atoms with Crippen LogP contribution in [0.15, 0.2) is 29.0 Å². The maximum Gasteiger partial charge on any atom is 0.186 e. The van der Waals surface area contributed by atoms with Gasteiger partial charge in [0, 0.05) is 17.7 Å². The van der Waals surface area contributed by atoms with Gasteiger partial charge in [0.25, 0.3) is 0 Å². The normalized spacial score (nSPS) is 11.6. The molecule has 0 fully saturated rings. The second-order valence-electron chi connectivity index (χ2n) is 5.15. The van der Waals surface area contributed by atoms with Crippen molar-refractivity contribution in [2.75, 3.05) is 0 Å². The van der Waals surface area contributed by atoms with E-state index in [1.54, 1.807) is 24.4 Å². The van der Waals surface area contributed by atoms with Crippen LogP contribution in [0.2, 0.25) is 5.02 Å². The highest BCUT2D eigenvalue weighted by Crippen LogP contribution is 2.26. The van der Waals surface area contributed by atoms with Gasteiger partial charge in [-0.05, 0) is 28.1 Å². The molecule has 0 aliphatic rings. The SMILES string of the molecule is CC(C)(C)C(=O)c1cc(Br)nn1-c1ncccc1Cl. The molecule has 6 heteroatoms. The summed E-state index contributed by atoms with van der Waals surface area (Å²) >= 11 is 9.39. The van der Waals surface area contributed by atoms with Crippen LogP contribution in [0.25, 0.3) is 5.82 Å². The highest BCUT2D eigenvalue weighted by Gasteiger charge is 2.28. The van der Waals surface area contributed by atoms with Crippen LogP contribution < -0.4 is 0 Å². The van der Waals surface area contributed by atoms with Gasteiger partial charge in [-0.3, -0.25) is 4.79 Å². The average Bonchev–Trinajstić information content (AvgIpc) is 2.69. The minimum Gasteiger partial charge on any atom is -0.292 e. The average molecular weight is 343 g/mol. The summed E-state index contributed by atoms with van der Waals surface area (Å²) in [6.45, 7) is 5.59. The number of hydrogen-bond donors (Lipinski definition) is 0. The fourth-order valence-electron chi connectivity index (χ4n) is 1.59. The molecule has 0 saturated carbocycles. The van der Waals surface area contributed by atoms with Crippen LogP contribution in [0.3, 0.4) is 0 Å². The summed E-state index contributed by atoms with van der Waals surface area (Å²) in [7, 11) is 0. The lowest BCUT2D eigenvalue weighted by Gasteiger charge is -2.17. The summed E-state index contributed by atoms with van der Waals surface area (Å²) in [6, 6.07) is 5.12. The smallest absolute Gasteiger partial charge is 0.186 e. The molecule has 2 rings (SSSR count). The van der Waals surface area contributed by atoms with Crippen LogP contribution in [0.4, 0.5) is 0 Å². The van der Waals surface area contributed by atoms with Gasteiger partial charge in [0.1, 0.15) is 10.3 Å². The first-order chi connectivity index (χ1) is 8.80. The maximum atomic E-state index is 12.4. The van der Waals surface area contributed by atoms with Gasteiger partial charge < -0.3 is 0 Å². The van der Waals surface area contributed by atoms with Crippen molar-refractivity contribution >= 4 is 33.3 Å². The molecule has 100 valence electrons. The topological polar surface area (TPSA) is 47.8 Å². The monoisotopic (exact) mass is 341 g/mol. The Morgan fingerprint density at radius 2 is 2.11 bits per heavy atom.